The van der Waals surface area contributed by atoms with Gasteiger partial charge in [-0.15, -0.1) is 0 Å². The molecule has 144 valence electrons. The van der Waals surface area contributed by atoms with Crippen molar-refractivity contribution in [3.05, 3.63) is 72.3 Å². The van der Waals surface area contributed by atoms with Crippen LogP contribution in [0.3, 0.4) is 0 Å². The van der Waals surface area contributed by atoms with Gasteiger partial charge in [0.1, 0.15) is 5.75 Å². The molecule has 28 heavy (non-hydrogen) atoms. The van der Waals surface area contributed by atoms with Gasteiger partial charge in [-0.3, -0.25) is 9.69 Å². The van der Waals surface area contributed by atoms with E-state index in [-0.39, 0.29) is 11.8 Å². The SMILES string of the molecule is COc1ccc(NC(=O)C2CCN(Cc3cccc4ccccc34)CC2)cc1. The average molecular weight is 374 g/mol. The predicted molar refractivity (Wildman–Crippen MR) is 114 cm³/mol. The molecule has 1 N–H and O–H groups in total. The van der Waals surface area contributed by atoms with Crippen molar-refractivity contribution in [3.8, 4) is 5.75 Å². The molecule has 0 unspecified atom stereocenters. The van der Waals surface area contributed by atoms with Crippen LogP contribution in [-0.2, 0) is 11.3 Å². The van der Waals surface area contributed by atoms with E-state index in [4.69, 9.17) is 4.74 Å². The molecule has 0 radical (unpaired) electrons. The Morgan fingerprint density at radius 1 is 1.00 bits per heavy atom. The first-order chi connectivity index (χ1) is 13.7. The average Bonchev–Trinajstić information content (AvgIpc) is 2.75. The maximum absolute atomic E-state index is 12.6. The number of amides is 1. The van der Waals surface area contributed by atoms with E-state index in [0.717, 1.165) is 43.9 Å². The summed E-state index contributed by atoms with van der Waals surface area (Å²) in [6, 6.07) is 22.5. The van der Waals surface area contributed by atoms with Crippen LogP contribution in [0.1, 0.15) is 18.4 Å². The summed E-state index contributed by atoms with van der Waals surface area (Å²) in [4.78, 5) is 15.1. The maximum atomic E-state index is 12.6. The molecule has 4 nitrogen and oxygen atoms in total. The number of carbonyl (C=O) groups is 1. The van der Waals surface area contributed by atoms with Crippen molar-refractivity contribution < 1.29 is 9.53 Å². The van der Waals surface area contributed by atoms with E-state index in [1.165, 1.54) is 16.3 Å². The van der Waals surface area contributed by atoms with E-state index in [0.29, 0.717) is 0 Å². The molecule has 0 atom stereocenters. The first-order valence-electron chi connectivity index (χ1n) is 9.87. The fourth-order valence-corrected chi connectivity index (χ4v) is 3.94. The van der Waals surface area contributed by atoms with Crippen molar-refractivity contribution in [1.29, 1.82) is 0 Å². The molecule has 0 bridgehead atoms. The van der Waals surface area contributed by atoms with Gasteiger partial charge < -0.3 is 10.1 Å². The van der Waals surface area contributed by atoms with Crippen LogP contribution in [0.2, 0.25) is 0 Å². The predicted octanol–water partition coefficient (Wildman–Crippen LogP) is 4.70. The Balaban J connectivity index is 1.33. The summed E-state index contributed by atoms with van der Waals surface area (Å²) < 4.78 is 5.16. The van der Waals surface area contributed by atoms with E-state index in [2.05, 4.69) is 52.7 Å². The third-order valence-electron chi connectivity index (χ3n) is 5.59. The summed E-state index contributed by atoms with van der Waals surface area (Å²) >= 11 is 0. The zero-order valence-corrected chi connectivity index (χ0v) is 16.2. The Kier molecular flexibility index (Phi) is 5.58. The molecule has 1 saturated heterocycles. The quantitative estimate of drug-likeness (QED) is 0.704. The van der Waals surface area contributed by atoms with Crippen molar-refractivity contribution in [3.63, 3.8) is 0 Å². The largest absolute Gasteiger partial charge is 0.497 e. The van der Waals surface area contributed by atoms with Crippen molar-refractivity contribution >= 4 is 22.4 Å². The molecular formula is C24H26N2O2. The minimum atomic E-state index is 0.0749. The van der Waals surface area contributed by atoms with Crippen LogP contribution >= 0.6 is 0 Å². The number of piperidine rings is 1. The number of hydrogen-bond acceptors (Lipinski definition) is 3. The fraction of sp³-hybridized carbons (Fsp3) is 0.292. The number of methoxy groups -OCH3 is 1. The highest BCUT2D eigenvalue weighted by molar-refractivity contribution is 5.92. The zero-order chi connectivity index (χ0) is 19.3. The number of likely N-dealkylation sites (tertiary alicyclic amines) is 1. The smallest absolute Gasteiger partial charge is 0.227 e. The van der Waals surface area contributed by atoms with Gasteiger partial charge in [0.05, 0.1) is 7.11 Å². The highest BCUT2D eigenvalue weighted by atomic mass is 16.5. The standard InChI is InChI=1S/C24H26N2O2/c1-28-22-11-9-21(10-12-22)25-24(27)19-13-15-26(16-14-19)17-20-7-4-6-18-5-2-3-8-23(18)20/h2-12,19H,13-17H2,1H3,(H,25,27). The molecule has 4 rings (SSSR count). The van der Waals surface area contributed by atoms with Gasteiger partial charge in [0.15, 0.2) is 0 Å². The first-order valence-corrected chi connectivity index (χ1v) is 9.87. The van der Waals surface area contributed by atoms with Gasteiger partial charge >= 0.3 is 0 Å². The van der Waals surface area contributed by atoms with Crippen molar-refractivity contribution in [2.45, 2.75) is 19.4 Å². The maximum Gasteiger partial charge on any atom is 0.227 e. The Labute approximate surface area is 166 Å². The topological polar surface area (TPSA) is 41.6 Å². The van der Waals surface area contributed by atoms with Crippen molar-refractivity contribution in [2.75, 3.05) is 25.5 Å². The zero-order valence-electron chi connectivity index (χ0n) is 16.2. The number of carbonyl (C=O) groups excluding carboxylic acids is 1. The van der Waals surface area contributed by atoms with E-state index in [1.54, 1.807) is 7.11 Å². The minimum Gasteiger partial charge on any atom is -0.497 e. The van der Waals surface area contributed by atoms with Crippen LogP contribution < -0.4 is 10.1 Å². The number of anilines is 1. The van der Waals surface area contributed by atoms with E-state index in [1.807, 2.05) is 24.3 Å². The highest BCUT2D eigenvalue weighted by Crippen LogP contribution is 2.24. The minimum absolute atomic E-state index is 0.0749. The van der Waals surface area contributed by atoms with Gasteiger partial charge in [-0.2, -0.15) is 0 Å². The number of nitrogens with zero attached hydrogens (tertiary/aromatic N) is 1. The second-order valence-electron chi connectivity index (χ2n) is 7.41. The number of fused-ring (bicyclic) bond motifs is 1. The molecule has 3 aromatic carbocycles. The summed E-state index contributed by atoms with van der Waals surface area (Å²) in [5.74, 6) is 0.987. The van der Waals surface area contributed by atoms with Crippen LogP contribution in [0.4, 0.5) is 5.69 Å². The molecule has 3 aromatic rings. The number of nitrogens with one attached hydrogen (secondary N) is 1. The second kappa shape index (κ2) is 8.44. The lowest BCUT2D eigenvalue weighted by Gasteiger charge is -2.31. The monoisotopic (exact) mass is 374 g/mol. The lowest BCUT2D eigenvalue weighted by atomic mass is 9.95. The van der Waals surface area contributed by atoms with Crippen LogP contribution in [0, 0.1) is 5.92 Å². The molecular weight excluding hydrogens is 348 g/mol. The summed E-state index contributed by atoms with van der Waals surface area (Å²) in [5, 5.41) is 5.65. The molecule has 0 saturated carbocycles. The summed E-state index contributed by atoms with van der Waals surface area (Å²) in [6.07, 6.45) is 1.79. The first kappa shape index (κ1) is 18.5. The highest BCUT2D eigenvalue weighted by Gasteiger charge is 2.25. The summed E-state index contributed by atoms with van der Waals surface area (Å²) in [6.45, 7) is 2.84. The Hall–Kier alpha value is -2.85. The summed E-state index contributed by atoms with van der Waals surface area (Å²) in [5.41, 5.74) is 2.18. The third kappa shape index (κ3) is 4.18. The number of benzene rings is 3. The van der Waals surface area contributed by atoms with Crippen LogP contribution in [0.5, 0.6) is 5.75 Å². The van der Waals surface area contributed by atoms with Gasteiger partial charge in [-0.1, -0.05) is 42.5 Å². The lowest BCUT2D eigenvalue weighted by Crippen LogP contribution is -2.37. The molecule has 0 aliphatic carbocycles. The van der Waals surface area contributed by atoms with Crippen LogP contribution in [0.25, 0.3) is 10.8 Å². The number of rotatable bonds is 5. The molecule has 0 aromatic heterocycles. The van der Waals surface area contributed by atoms with Gasteiger partial charge in [0, 0.05) is 18.2 Å². The molecule has 1 aliphatic heterocycles. The van der Waals surface area contributed by atoms with E-state index >= 15 is 0 Å². The molecule has 1 heterocycles. The van der Waals surface area contributed by atoms with Crippen LogP contribution in [0.15, 0.2) is 66.7 Å². The molecule has 1 amide bonds. The third-order valence-corrected chi connectivity index (χ3v) is 5.59. The van der Waals surface area contributed by atoms with Crippen molar-refractivity contribution in [2.24, 2.45) is 5.92 Å². The van der Waals surface area contributed by atoms with E-state index in [9.17, 15) is 4.79 Å². The molecule has 4 heteroatoms. The van der Waals surface area contributed by atoms with Crippen molar-refractivity contribution in [1.82, 2.24) is 4.90 Å². The molecule has 1 aliphatic rings. The van der Waals surface area contributed by atoms with Gasteiger partial charge in [0.25, 0.3) is 0 Å². The van der Waals surface area contributed by atoms with Crippen LogP contribution in [-0.4, -0.2) is 31.0 Å². The van der Waals surface area contributed by atoms with Gasteiger partial charge in [-0.05, 0) is 66.5 Å². The fourth-order valence-electron chi connectivity index (χ4n) is 3.94. The Bertz CT molecular complexity index is 939. The van der Waals surface area contributed by atoms with E-state index < -0.39 is 0 Å². The summed E-state index contributed by atoms with van der Waals surface area (Å²) in [7, 11) is 1.64. The molecule has 1 fully saturated rings. The lowest BCUT2D eigenvalue weighted by molar-refractivity contribution is -0.121. The normalized spacial score (nSPS) is 15.5. The Morgan fingerprint density at radius 3 is 2.46 bits per heavy atom. The number of ether oxygens (including phenoxy) is 1. The van der Waals surface area contributed by atoms with Gasteiger partial charge in [0.2, 0.25) is 5.91 Å². The molecule has 0 spiro atoms. The Morgan fingerprint density at radius 2 is 1.71 bits per heavy atom. The second-order valence-corrected chi connectivity index (χ2v) is 7.41. The number of hydrogen-bond donors (Lipinski definition) is 1. The van der Waals surface area contributed by atoms with Gasteiger partial charge in [-0.25, -0.2) is 0 Å².